The van der Waals surface area contributed by atoms with E-state index in [1.807, 2.05) is 19.2 Å². The summed E-state index contributed by atoms with van der Waals surface area (Å²) in [6.45, 7) is 3.92. The van der Waals surface area contributed by atoms with E-state index in [0.717, 1.165) is 6.42 Å². The van der Waals surface area contributed by atoms with E-state index in [1.165, 1.54) is 28.4 Å². The van der Waals surface area contributed by atoms with Gasteiger partial charge in [-0.05, 0) is 60.2 Å². The molecule has 2 N–H and O–H groups in total. The normalized spacial score (nSPS) is 18.1. The van der Waals surface area contributed by atoms with Gasteiger partial charge in [-0.15, -0.1) is 11.3 Å². The summed E-state index contributed by atoms with van der Waals surface area (Å²) < 4.78 is 19.0. The number of halogens is 1. The Hall–Kier alpha value is -3.72. The zero-order chi connectivity index (χ0) is 24.9. The van der Waals surface area contributed by atoms with Crippen LogP contribution in [0.15, 0.2) is 66.0 Å². The first-order valence-corrected chi connectivity index (χ1v) is 12.2. The second-order valence-electron chi connectivity index (χ2n) is 8.38. The molecule has 1 fully saturated rings. The van der Waals surface area contributed by atoms with Gasteiger partial charge < -0.3 is 15.4 Å². The van der Waals surface area contributed by atoms with Gasteiger partial charge in [0.05, 0.1) is 11.4 Å². The van der Waals surface area contributed by atoms with Gasteiger partial charge in [-0.1, -0.05) is 37.3 Å². The third kappa shape index (κ3) is 5.68. The summed E-state index contributed by atoms with van der Waals surface area (Å²) in [7, 11) is 0. The van der Waals surface area contributed by atoms with Gasteiger partial charge in [-0.25, -0.2) is 9.18 Å². The van der Waals surface area contributed by atoms with E-state index in [4.69, 9.17) is 4.74 Å². The number of rotatable bonds is 8. The first-order valence-electron chi connectivity index (χ1n) is 11.3. The Kier molecular flexibility index (Phi) is 7.45. The second-order valence-corrected chi connectivity index (χ2v) is 9.33. The van der Waals surface area contributed by atoms with Crippen molar-refractivity contribution >= 4 is 34.9 Å². The zero-order valence-electron chi connectivity index (χ0n) is 19.4. The first-order chi connectivity index (χ1) is 16.9. The number of ether oxygens (including phenoxy) is 1. The van der Waals surface area contributed by atoms with Crippen molar-refractivity contribution in [1.82, 2.24) is 10.2 Å². The maximum atomic E-state index is 13.4. The van der Waals surface area contributed by atoms with Crippen molar-refractivity contribution in [1.29, 1.82) is 0 Å². The molecular formula is C26H26FN3O4S. The van der Waals surface area contributed by atoms with Crippen LogP contribution < -0.4 is 10.6 Å². The molecule has 4 rings (SSSR count). The van der Waals surface area contributed by atoms with Crippen LogP contribution in [0.4, 0.5) is 14.9 Å². The van der Waals surface area contributed by atoms with Crippen LogP contribution in [-0.2, 0) is 16.1 Å². The molecule has 1 aliphatic heterocycles. The van der Waals surface area contributed by atoms with Crippen LogP contribution in [-0.4, -0.2) is 34.9 Å². The summed E-state index contributed by atoms with van der Waals surface area (Å²) >= 11 is 1.33. The standard InChI is InChI=1S/C26H26FN3O4S/c1-3-16(2)28-25(32)22-23(34-26(33)30(22)15-17-9-11-19(27)12-10-17)18-6-4-7-20(14-18)29-24(31)21-8-5-13-35-21/h4-14,16,22-23H,3,15H2,1-2H3,(H,28,32)(H,29,31). The van der Waals surface area contributed by atoms with Gasteiger partial charge in [-0.2, -0.15) is 0 Å². The highest BCUT2D eigenvalue weighted by Crippen LogP contribution is 2.35. The van der Waals surface area contributed by atoms with Crippen molar-refractivity contribution in [3.63, 3.8) is 0 Å². The largest absolute Gasteiger partial charge is 0.438 e. The highest BCUT2D eigenvalue weighted by molar-refractivity contribution is 7.12. The number of carbonyl (C=O) groups is 3. The Morgan fingerprint density at radius 2 is 1.91 bits per heavy atom. The average Bonchev–Trinajstić information content (AvgIpc) is 3.49. The van der Waals surface area contributed by atoms with Gasteiger partial charge in [0.15, 0.2) is 12.1 Å². The molecule has 0 aliphatic carbocycles. The summed E-state index contributed by atoms with van der Waals surface area (Å²) in [5, 5.41) is 7.60. The lowest BCUT2D eigenvalue weighted by Gasteiger charge is -2.26. The number of hydrogen-bond acceptors (Lipinski definition) is 5. The maximum absolute atomic E-state index is 13.4. The number of amides is 3. The third-order valence-corrected chi connectivity index (χ3v) is 6.71. The predicted octanol–water partition coefficient (Wildman–Crippen LogP) is 5.12. The molecule has 7 nitrogen and oxygen atoms in total. The van der Waals surface area contributed by atoms with E-state index >= 15 is 0 Å². The summed E-state index contributed by atoms with van der Waals surface area (Å²) in [5.41, 5.74) is 1.77. The van der Waals surface area contributed by atoms with E-state index in [9.17, 15) is 18.8 Å². The topological polar surface area (TPSA) is 87.7 Å². The maximum Gasteiger partial charge on any atom is 0.411 e. The summed E-state index contributed by atoms with van der Waals surface area (Å²) in [6.07, 6.45) is -0.803. The fourth-order valence-corrected chi connectivity index (χ4v) is 4.44. The molecule has 9 heteroatoms. The van der Waals surface area contributed by atoms with Crippen LogP contribution in [0.2, 0.25) is 0 Å². The van der Waals surface area contributed by atoms with Crippen LogP contribution >= 0.6 is 11.3 Å². The Labute approximate surface area is 206 Å². The molecule has 182 valence electrons. The van der Waals surface area contributed by atoms with Gasteiger partial charge in [0.2, 0.25) is 5.91 Å². The van der Waals surface area contributed by atoms with Crippen molar-refractivity contribution in [2.24, 2.45) is 0 Å². The number of carbonyl (C=O) groups excluding carboxylic acids is 3. The van der Waals surface area contributed by atoms with E-state index in [1.54, 1.807) is 48.5 Å². The van der Waals surface area contributed by atoms with E-state index in [2.05, 4.69) is 10.6 Å². The number of thiophene rings is 1. The minimum atomic E-state index is -0.940. The Morgan fingerprint density at radius 1 is 1.14 bits per heavy atom. The number of nitrogens with zero attached hydrogens (tertiary/aromatic N) is 1. The Bertz CT molecular complexity index is 1200. The number of nitrogens with one attached hydrogen (secondary N) is 2. The molecule has 3 aromatic rings. The van der Waals surface area contributed by atoms with Gasteiger partial charge in [0.25, 0.3) is 5.91 Å². The summed E-state index contributed by atoms with van der Waals surface area (Å²) in [5.74, 6) is -0.974. The molecule has 0 spiro atoms. The van der Waals surface area contributed by atoms with Crippen molar-refractivity contribution in [2.75, 3.05) is 5.32 Å². The van der Waals surface area contributed by atoms with Gasteiger partial charge in [0.1, 0.15) is 5.82 Å². The van der Waals surface area contributed by atoms with Crippen LogP contribution in [0, 0.1) is 5.82 Å². The quantitative estimate of drug-likeness (QED) is 0.454. The highest BCUT2D eigenvalue weighted by atomic mass is 32.1. The molecule has 1 aliphatic rings. The van der Waals surface area contributed by atoms with E-state index in [0.29, 0.717) is 21.7 Å². The molecule has 1 saturated heterocycles. The molecule has 0 radical (unpaired) electrons. The molecule has 2 aromatic carbocycles. The van der Waals surface area contributed by atoms with Crippen LogP contribution in [0.3, 0.4) is 0 Å². The van der Waals surface area contributed by atoms with E-state index in [-0.39, 0.29) is 30.2 Å². The van der Waals surface area contributed by atoms with Crippen molar-refractivity contribution in [2.45, 2.75) is 45.0 Å². The Morgan fingerprint density at radius 3 is 2.60 bits per heavy atom. The molecular weight excluding hydrogens is 469 g/mol. The van der Waals surface area contributed by atoms with Crippen LogP contribution in [0.25, 0.3) is 0 Å². The third-order valence-electron chi connectivity index (χ3n) is 5.84. The highest BCUT2D eigenvalue weighted by Gasteiger charge is 2.47. The van der Waals surface area contributed by atoms with Crippen LogP contribution in [0.1, 0.15) is 47.2 Å². The molecule has 3 amide bonds. The van der Waals surface area contributed by atoms with Gasteiger partial charge in [0, 0.05) is 11.7 Å². The summed E-state index contributed by atoms with van der Waals surface area (Å²) in [6, 6.07) is 15.2. The number of hydrogen-bond donors (Lipinski definition) is 2. The first kappa shape index (κ1) is 24.4. The van der Waals surface area contributed by atoms with Crippen molar-refractivity contribution in [3.8, 4) is 0 Å². The SMILES string of the molecule is CCC(C)NC(=O)C1C(c2cccc(NC(=O)c3cccs3)c2)OC(=O)N1Cc1ccc(F)cc1. The smallest absolute Gasteiger partial charge is 0.411 e. The summed E-state index contributed by atoms with van der Waals surface area (Å²) in [4.78, 5) is 40.6. The molecule has 1 aromatic heterocycles. The fourth-order valence-electron chi connectivity index (χ4n) is 3.82. The molecule has 35 heavy (non-hydrogen) atoms. The Balaban J connectivity index is 1.61. The van der Waals surface area contributed by atoms with E-state index < -0.39 is 18.2 Å². The van der Waals surface area contributed by atoms with Crippen molar-refractivity contribution in [3.05, 3.63) is 87.9 Å². The average molecular weight is 496 g/mol. The number of benzene rings is 2. The van der Waals surface area contributed by atoms with Gasteiger partial charge >= 0.3 is 6.09 Å². The monoisotopic (exact) mass is 495 g/mol. The minimum Gasteiger partial charge on any atom is -0.438 e. The zero-order valence-corrected chi connectivity index (χ0v) is 20.2. The molecule has 0 bridgehead atoms. The number of cyclic esters (lactones) is 1. The second kappa shape index (κ2) is 10.7. The predicted molar refractivity (Wildman–Crippen MR) is 132 cm³/mol. The lowest BCUT2D eigenvalue weighted by molar-refractivity contribution is -0.127. The van der Waals surface area contributed by atoms with Crippen LogP contribution in [0.5, 0.6) is 0 Å². The molecule has 0 saturated carbocycles. The lowest BCUT2D eigenvalue weighted by atomic mass is 9.99. The van der Waals surface area contributed by atoms with Crippen molar-refractivity contribution < 1.29 is 23.5 Å². The minimum absolute atomic E-state index is 0.0863. The molecule has 2 heterocycles. The number of anilines is 1. The van der Waals surface area contributed by atoms with Gasteiger partial charge in [-0.3, -0.25) is 14.5 Å². The molecule has 3 atom stereocenters. The molecule has 3 unspecified atom stereocenters. The lowest BCUT2D eigenvalue weighted by Crippen LogP contribution is -2.48. The fraction of sp³-hybridized carbons (Fsp3) is 0.269.